The number of thioether (sulfide) groups is 1. The summed E-state index contributed by atoms with van der Waals surface area (Å²) in [4.78, 5) is 16.7. The molecule has 0 aliphatic heterocycles. The zero-order chi connectivity index (χ0) is 17.9. The van der Waals surface area contributed by atoms with Crippen LogP contribution >= 0.6 is 11.8 Å². The molecule has 0 spiro atoms. The summed E-state index contributed by atoms with van der Waals surface area (Å²) in [6.07, 6.45) is 3.35. The molecule has 26 heavy (non-hydrogen) atoms. The van der Waals surface area contributed by atoms with E-state index in [9.17, 15) is 4.79 Å². The monoisotopic (exact) mass is 365 g/mol. The van der Waals surface area contributed by atoms with Gasteiger partial charge in [0.2, 0.25) is 0 Å². The van der Waals surface area contributed by atoms with Crippen molar-refractivity contribution in [3.05, 3.63) is 77.1 Å². The van der Waals surface area contributed by atoms with Crippen LogP contribution in [0.15, 0.2) is 71.0 Å². The Morgan fingerprint density at radius 1 is 1.15 bits per heavy atom. The lowest BCUT2D eigenvalue weighted by molar-refractivity contribution is 0.412. The number of aromatic nitrogens is 5. The van der Waals surface area contributed by atoms with Crippen LogP contribution in [0.3, 0.4) is 0 Å². The number of rotatable bonds is 5. The SMILES string of the molecule is COc1ccccc1-n1cnnc1SCc1cc(=O)n2ccccc2n1. The van der Waals surface area contributed by atoms with E-state index in [1.54, 1.807) is 31.8 Å². The number of methoxy groups -OCH3 is 1. The normalized spacial score (nSPS) is 11.0. The number of benzene rings is 1. The molecule has 0 saturated carbocycles. The molecule has 4 rings (SSSR count). The summed E-state index contributed by atoms with van der Waals surface area (Å²) in [6, 6.07) is 14.7. The molecule has 0 fully saturated rings. The molecule has 0 saturated heterocycles. The van der Waals surface area contributed by atoms with E-state index in [1.807, 2.05) is 41.0 Å². The fraction of sp³-hybridized carbons (Fsp3) is 0.111. The van der Waals surface area contributed by atoms with Gasteiger partial charge in [-0.2, -0.15) is 0 Å². The Hall–Kier alpha value is -3.13. The second-order valence-corrected chi connectivity index (χ2v) is 6.40. The van der Waals surface area contributed by atoms with E-state index < -0.39 is 0 Å². The smallest absolute Gasteiger partial charge is 0.258 e. The van der Waals surface area contributed by atoms with Crippen LogP contribution in [0.2, 0.25) is 0 Å². The summed E-state index contributed by atoms with van der Waals surface area (Å²) < 4.78 is 8.79. The third-order valence-corrected chi connectivity index (χ3v) is 4.81. The number of ether oxygens (including phenoxy) is 1. The van der Waals surface area contributed by atoms with Gasteiger partial charge in [-0.05, 0) is 24.3 Å². The molecule has 0 atom stereocenters. The second-order valence-electron chi connectivity index (χ2n) is 5.46. The van der Waals surface area contributed by atoms with Crippen LogP contribution in [0, 0.1) is 0 Å². The Balaban J connectivity index is 1.62. The minimum absolute atomic E-state index is 0.0996. The molecule has 0 aliphatic rings. The van der Waals surface area contributed by atoms with Crippen molar-refractivity contribution in [1.29, 1.82) is 0 Å². The van der Waals surface area contributed by atoms with Gasteiger partial charge in [-0.25, -0.2) is 4.98 Å². The molecule has 130 valence electrons. The van der Waals surface area contributed by atoms with Gasteiger partial charge in [-0.3, -0.25) is 13.8 Å². The van der Waals surface area contributed by atoms with E-state index in [0.717, 1.165) is 11.4 Å². The number of para-hydroxylation sites is 2. The number of nitrogens with zero attached hydrogens (tertiary/aromatic N) is 5. The van der Waals surface area contributed by atoms with E-state index in [1.165, 1.54) is 16.2 Å². The fourth-order valence-electron chi connectivity index (χ4n) is 2.63. The van der Waals surface area contributed by atoms with E-state index in [-0.39, 0.29) is 5.56 Å². The first-order valence-corrected chi connectivity index (χ1v) is 8.88. The highest BCUT2D eigenvalue weighted by atomic mass is 32.2. The lowest BCUT2D eigenvalue weighted by Gasteiger charge is -2.10. The molecule has 0 aliphatic carbocycles. The largest absolute Gasteiger partial charge is 0.495 e. The molecule has 1 aromatic carbocycles. The zero-order valence-corrected chi connectivity index (χ0v) is 14.8. The van der Waals surface area contributed by atoms with Crippen molar-refractivity contribution in [3.8, 4) is 11.4 Å². The standard InChI is InChI=1S/C18H15N5O2S/c1-25-15-7-3-2-6-14(15)23-12-19-21-18(23)26-11-13-10-17(24)22-9-5-4-8-16(22)20-13/h2-10,12H,11H2,1H3. The molecular formula is C18H15N5O2S. The maximum Gasteiger partial charge on any atom is 0.258 e. The number of hydrogen-bond donors (Lipinski definition) is 0. The Morgan fingerprint density at radius 3 is 2.88 bits per heavy atom. The molecule has 0 unspecified atom stereocenters. The first-order chi connectivity index (χ1) is 12.8. The fourth-order valence-corrected chi connectivity index (χ4v) is 3.45. The van der Waals surface area contributed by atoms with E-state index in [0.29, 0.717) is 22.3 Å². The first-order valence-electron chi connectivity index (χ1n) is 7.90. The van der Waals surface area contributed by atoms with Crippen LogP contribution < -0.4 is 10.3 Å². The van der Waals surface area contributed by atoms with Gasteiger partial charge in [0.15, 0.2) is 5.16 Å². The quantitative estimate of drug-likeness (QED) is 0.506. The molecule has 0 radical (unpaired) electrons. The van der Waals surface area contributed by atoms with Crippen LogP contribution in [-0.4, -0.2) is 31.3 Å². The number of hydrogen-bond acceptors (Lipinski definition) is 6. The van der Waals surface area contributed by atoms with Gasteiger partial charge >= 0.3 is 0 Å². The lowest BCUT2D eigenvalue weighted by atomic mass is 10.3. The van der Waals surface area contributed by atoms with Gasteiger partial charge in [0.25, 0.3) is 5.56 Å². The van der Waals surface area contributed by atoms with Crippen LogP contribution in [0.4, 0.5) is 0 Å². The summed E-state index contributed by atoms with van der Waals surface area (Å²) in [6.45, 7) is 0. The Morgan fingerprint density at radius 2 is 2.00 bits per heavy atom. The summed E-state index contributed by atoms with van der Waals surface area (Å²) in [7, 11) is 1.63. The molecule has 3 heterocycles. The summed E-state index contributed by atoms with van der Waals surface area (Å²) in [5.74, 6) is 1.24. The second kappa shape index (κ2) is 7.01. The highest BCUT2D eigenvalue weighted by Gasteiger charge is 2.12. The van der Waals surface area contributed by atoms with Crippen LogP contribution in [-0.2, 0) is 5.75 Å². The van der Waals surface area contributed by atoms with Crippen LogP contribution in [0.25, 0.3) is 11.3 Å². The molecule has 0 N–H and O–H groups in total. The first kappa shape index (κ1) is 16.3. The third kappa shape index (κ3) is 3.06. The summed E-state index contributed by atoms with van der Waals surface area (Å²) in [5.41, 5.74) is 2.08. The van der Waals surface area contributed by atoms with Crippen molar-refractivity contribution in [2.24, 2.45) is 0 Å². The third-order valence-electron chi connectivity index (χ3n) is 3.83. The average molecular weight is 365 g/mol. The van der Waals surface area contributed by atoms with E-state index in [2.05, 4.69) is 15.2 Å². The molecular weight excluding hydrogens is 350 g/mol. The highest BCUT2D eigenvalue weighted by Crippen LogP contribution is 2.27. The maximum atomic E-state index is 12.2. The van der Waals surface area contributed by atoms with Gasteiger partial charge < -0.3 is 4.74 Å². The van der Waals surface area contributed by atoms with Crippen molar-refractivity contribution < 1.29 is 4.74 Å². The number of fused-ring (bicyclic) bond motifs is 1. The van der Waals surface area contributed by atoms with E-state index in [4.69, 9.17) is 4.74 Å². The molecule has 8 heteroatoms. The predicted octanol–water partition coefficient (Wildman–Crippen LogP) is 2.58. The van der Waals surface area contributed by atoms with Crippen molar-refractivity contribution in [3.63, 3.8) is 0 Å². The van der Waals surface area contributed by atoms with Crippen molar-refractivity contribution >= 4 is 17.4 Å². The van der Waals surface area contributed by atoms with Gasteiger partial charge in [-0.15, -0.1) is 10.2 Å². The molecule has 0 amide bonds. The van der Waals surface area contributed by atoms with Crippen LogP contribution in [0.5, 0.6) is 5.75 Å². The van der Waals surface area contributed by atoms with Crippen molar-refractivity contribution in [2.45, 2.75) is 10.9 Å². The molecule has 4 aromatic rings. The molecule has 7 nitrogen and oxygen atoms in total. The van der Waals surface area contributed by atoms with Crippen molar-refractivity contribution in [2.75, 3.05) is 7.11 Å². The summed E-state index contributed by atoms with van der Waals surface area (Å²) >= 11 is 1.46. The number of pyridine rings is 1. The minimum Gasteiger partial charge on any atom is -0.495 e. The van der Waals surface area contributed by atoms with Gasteiger partial charge in [-0.1, -0.05) is 30.0 Å². The summed E-state index contributed by atoms with van der Waals surface area (Å²) in [5, 5.41) is 8.88. The van der Waals surface area contributed by atoms with Gasteiger partial charge in [0.1, 0.15) is 17.7 Å². The van der Waals surface area contributed by atoms with Crippen molar-refractivity contribution in [1.82, 2.24) is 24.1 Å². The minimum atomic E-state index is -0.0996. The highest BCUT2D eigenvalue weighted by molar-refractivity contribution is 7.98. The Bertz CT molecular complexity index is 1120. The topological polar surface area (TPSA) is 74.3 Å². The van der Waals surface area contributed by atoms with Crippen LogP contribution in [0.1, 0.15) is 5.69 Å². The zero-order valence-electron chi connectivity index (χ0n) is 13.9. The average Bonchev–Trinajstić information content (AvgIpc) is 3.15. The maximum absolute atomic E-state index is 12.2. The van der Waals surface area contributed by atoms with Gasteiger partial charge in [0, 0.05) is 18.0 Å². The predicted molar refractivity (Wildman–Crippen MR) is 98.9 cm³/mol. The van der Waals surface area contributed by atoms with E-state index >= 15 is 0 Å². The Labute approximate surface area is 153 Å². The lowest BCUT2D eigenvalue weighted by Crippen LogP contribution is -2.14. The molecule has 0 bridgehead atoms. The molecule has 3 aromatic heterocycles. The Kier molecular flexibility index (Phi) is 4.40. The van der Waals surface area contributed by atoms with Gasteiger partial charge in [0.05, 0.1) is 18.5 Å².